The monoisotopic (exact) mass is 319 g/mol. The largest absolute Gasteiger partial charge is 0.416 e. The fraction of sp³-hybridized carbons (Fsp3) is 0.0588. The van der Waals surface area contributed by atoms with Crippen LogP contribution in [0.2, 0.25) is 0 Å². The molecule has 0 saturated carbocycles. The number of rotatable bonds is 3. The quantitative estimate of drug-likeness (QED) is 0.617. The molecule has 4 aromatic rings. The van der Waals surface area contributed by atoms with Crippen LogP contribution in [0.4, 0.5) is 5.82 Å². The van der Waals surface area contributed by atoms with Crippen LogP contribution < -0.4 is 5.73 Å². The Kier molecular flexibility index (Phi) is 3.31. The van der Waals surface area contributed by atoms with E-state index in [-0.39, 0.29) is 0 Å². The molecular weight excluding hydrogens is 306 g/mol. The minimum atomic E-state index is 0.347. The van der Waals surface area contributed by atoms with Crippen molar-refractivity contribution in [3.05, 3.63) is 54.4 Å². The summed E-state index contributed by atoms with van der Waals surface area (Å²) in [5.41, 5.74) is 8.55. The van der Waals surface area contributed by atoms with E-state index in [1.54, 1.807) is 18.3 Å². The van der Waals surface area contributed by atoms with E-state index in [0.717, 1.165) is 5.56 Å². The van der Waals surface area contributed by atoms with Crippen molar-refractivity contribution in [1.29, 1.82) is 0 Å². The Hall–Kier alpha value is -3.48. The molecule has 0 unspecified atom stereocenters. The van der Waals surface area contributed by atoms with Crippen LogP contribution in [0.1, 0.15) is 5.76 Å². The van der Waals surface area contributed by atoms with Crippen LogP contribution in [0.15, 0.2) is 57.6 Å². The second-order valence-corrected chi connectivity index (χ2v) is 5.21. The summed E-state index contributed by atoms with van der Waals surface area (Å²) >= 11 is 0. The van der Waals surface area contributed by atoms with E-state index in [2.05, 4.69) is 20.3 Å². The molecule has 4 rings (SSSR count). The fourth-order valence-corrected chi connectivity index (χ4v) is 2.39. The predicted octanol–water partition coefficient (Wildman–Crippen LogP) is 3.34. The number of nitrogen functional groups attached to an aromatic ring is 1. The molecule has 0 spiro atoms. The maximum Gasteiger partial charge on any atom is 0.254 e. The Morgan fingerprint density at radius 2 is 1.71 bits per heavy atom. The van der Waals surface area contributed by atoms with Gasteiger partial charge in [0, 0.05) is 11.8 Å². The summed E-state index contributed by atoms with van der Waals surface area (Å²) in [5.74, 6) is 1.75. The lowest BCUT2D eigenvalue weighted by Crippen LogP contribution is -1.88. The molecule has 7 nitrogen and oxygen atoms in total. The highest BCUT2D eigenvalue weighted by Gasteiger charge is 2.22. The maximum absolute atomic E-state index is 5.79. The van der Waals surface area contributed by atoms with E-state index in [0.29, 0.717) is 40.2 Å². The Bertz CT molecular complexity index is 974. The molecule has 0 atom stereocenters. The van der Waals surface area contributed by atoms with Gasteiger partial charge in [0.05, 0.1) is 5.56 Å². The third-order valence-corrected chi connectivity index (χ3v) is 3.58. The van der Waals surface area contributed by atoms with Crippen LogP contribution in [0.5, 0.6) is 0 Å². The summed E-state index contributed by atoms with van der Waals surface area (Å²) in [6.07, 6.45) is 1.59. The van der Waals surface area contributed by atoms with Gasteiger partial charge in [-0.25, -0.2) is 4.98 Å². The maximum atomic E-state index is 5.79. The number of benzene rings is 1. The fourth-order valence-electron chi connectivity index (χ4n) is 2.39. The summed E-state index contributed by atoms with van der Waals surface area (Å²) in [6.45, 7) is 1.81. The van der Waals surface area contributed by atoms with E-state index in [4.69, 9.17) is 14.7 Å². The van der Waals surface area contributed by atoms with Gasteiger partial charge in [-0.15, -0.1) is 10.2 Å². The van der Waals surface area contributed by atoms with E-state index >= 15 is 0 Å². The van der Waals surface area contributed by atoms with E-state index in [9.17, 15) is 0 Å². The van der Waals surface area contributed by atoms with E-state index in [1.807, 2.05) is 37.3 Å². The Morgan fingerprint density at radius 1 is 0.917 bits per heavy atom. The molecular formula is C17H13N5O2. The first-order chi connectivity index (χ1) is 11.7. The van der Waals surface area contributed by atoms with Crippen molar-refractivity contribution in [2.24, 2.45) is 0 Å². The minimum Gasteiger partial charge on any atom is -0.416 e. The number of nitrogens with two attached hydrogens (primary N) is 1. The molecule has 0 radical (unpaired) electrons. The number of nitrogens with zero attached hydrogens (tertiary/aromatic N) is 4. The first-order valence-electron chi connectivity index (χ1n) is 7.30. The lowest BCUT2D eigenvalue weighted by atomic mass is 10.1. The standard InChI is InChI=1S/C17H13N5O2/c1-10-14(15(22-24-10)11-5-3-2-4-6-11)17-21-20-16(23-17)12-7-8-13(18)19-9-12/h2-9H,1H3,(H2,18,19). The Balaban J connectivity index is 1.78. The average molecular weight is 319 g/mol. The number of aromatic nitrogens is 4. The van der Waals surface area contributed by atoms with Crippen molar-refractivity contribution < 1.29 is 8.94 Å². The molecule has 3 heterocycles. The van der Waals surface area contributed by atoms with Gasteiger partial charge in [0.2, 0.25) is 5.89 Å². The molecule has 0 aliphatic rings. The van der Waals surface area contributed by atoms with Crippen molar-refractivity contribution in [2.75, 3.05) is 5.73 Å². The highest BCUT2D eigenvalue weighted by molar-refractivity contribution is 5.78. The summed E-state index contributed by atoms with van der Waals surface area (Å²) in [7, 11) is 0. The van der Waals surface area contributed by atoms with Crippen LogP contribution in [-0.2, 0) is 0 Å². The molecule has 3 aromatic heterocycles. The number of hydrogen-bond donors (Lipinski definition) is 1. The molecule has 2 N–H and O–H groups in total. The molecule has 0 aliphatic heterocycles. The van der Waals surface area contributed by atoms with E-state index in [1.165, 1.54) is 0 Å². The zero-order chi connectivity index (χ0) is 16.5. The van der Waals surface area contributed by atoms with Crippen molar-refractivity contribution in [3.63, 3.8) is 0 Å². The lowest BCUT2D eigenvalue weighted by molar-refractivity contribution is 0.399. The Labute approximate surface area is 137 Å². The second kappa shape index (κ2) is 5.62. The zero-order valence-electron chi connectivity index (χ0n) is 12.8. The smallest absolute Gasteiger partial charge is 0.254 e. The number of hydrogen-bond acceptors (Lipinski definition) is 7. The average Bonchev–Trinajstić information content (AvgIpc) is 3.23. The number of anilines is 1. The molecule has 0 bridgehead atoms. The van der Waals surface area contributed by atoms with Crippen LogP contribution >= 0.6 is 0 Å². The van der Waals surface area contributed by atoms with Crippen molar-refractivity contribution >= 4 is 5.82 Å². The van der Waals surface area contributed by atoms with Crippen LogP contribution in [0, 0.1) is 6.92 Å². The second-order valence-electron chi connectivity index (χ2n) is 5.21. The van der Waals surface area contributed by atoms with Crippen LogP contribution in [0.25, 0.3) is 34.2 Å². The Morgan fingerprint density at radius 3 is 2.46 bits per heavy atom. The summed E-state index contributed by atoms with van der Waals surface area (Å²) < 4.78 is 11.1. The molecule has 1 aromatic carbocycles. The number of aryl methyl sites for hydroxylation is 1. The highest BCUT2D eigenvalue weighted by atomic mass is 16.5. The molecule has 118 valence electrons. The topological polar surface area (TPSA) is 104 Å². The van der Waals surface area contributed by atoms with Gasteiger partial charge in [-0.2, -0.15) is 0 Å². The highest BCUT2D eigenvalue weighted by Crippen LogP contribution is 2.34. The third kappa shape index (κ3) is 2.41. The molecule has 0 saturated heterocycles. The molecule has 24 heavy (non-hydrogen) atoms. The molecule has 7 heteroatoms. The lowest BCUT2D eigenvalue weighted by Gasteiger charge is -1.98. The minimum absolute atomic E-state index is 0.347. The van der Waals surface area contributed by atoms with Gasteiger partial charge in [-0.3, -0.25) is 0 Å². The normalized spacial score (nSPS) is 10.9. The van der Waals surface area contributed by atoms with E-state index < -0.39 is 0 Å². The van der Waals surface area contributed by atoms with Gasteiger partial charge in [0.25, 0.3) is 5.89 Å². The van der Waals surface area contributed by atoms with Gasteiger partial charge >= 0.3 is 0 Å². The predicted molar refractivity (Wildman–Crippen MR) is 87.6 cm³/mol. The van der Waals surface area contributed by atoms with Gasteiger partial charge < -0.3 is 14.7 Å². The summed E-state index contributed by atoms with van der Waals surface area (Å²) in [4.78, 5) is 4.03. The van der Waals surface area contributed by atoms with Gasteiger partial charge in [0.1, 0.15) is 22.8 Å². The van der Waals surface area contributed by atoms with Gasteiger partial charge in [-0.05, 0) is 19.1 Å². The zero-order valence-corrected chi connectivity index (χ0v) is 12.8. The van der Waals surface area contributed by atoms with Gasteiger partial charge in [-0.1, -0.05) is 35.5 Å². The van der Waals surface area contributed by atoms with Crippen molar-refractivity contribution in [3.8, 4) is 34.2 Å². The summed E-state index contributed by atoms with van der Waals surface area (Å²) in [6, 6.07) is 13.2. The molecule has 0 fully saturated rings. The number of pyridine rings is 1. The van der Waals surface area contributed by atoms with Crippen LogP contribution in [-0.4, -0.2) is 20.3 Å². The molecule has 0 amide bonds. The van der Waals surface area contributed by atoms with Gasteiger partial charge in [0.15, 0.2) is 0 Å². The third-order valence-electron chi connectivity index (χ3n) is 3.58. The van der Waals surface area contributed by atoms with Crippen molar-refractivity contribution in [2.45, 2.75) is 6.92 Å². The van der Waals surface area contributed by atoms with Crippen LogP contribution in [0.3, 0.4) is 0 Å². The SMILES string of the molecule is Cc1onc(-c2ccccc2)c1-c1nnc(-c2ccc(N)nc2)o1. The first-order valence-corrected chi connectivity index (χ1v) is 7.30. The first kappa shape index (κ1) is 14.1. The van der Waals surface area contributed by atoms with Crippen molar-refractivity contribution in [1.82, 2.24) is 20.3 Å². The molecule has 0 aliphatic carbocycles. The summed E-state index contributed by atoms with van der Waals surface area (Å²) in [5, 5.41) is 12.3.